The molecule has 1 N–H and O–H groups in total. The molecule has 0 radical (unpaired) electrons. The zero-order chi connectivity index (χ0) is 12.0. The minimum absolute atomic E-state index is 0.0401. The number of amides is 2. The molecule has 2 amide bonds. The number of likely N-dealkylation sites (tertiary alicyclic amines) is 1. The van der Waals surface area contributed by atoms with Crippen molar-refractivity contribution in [3.8, 4) is 0 Å². The Kier molecular flexibility index (Phi) is 5.02. The Bertz CT molecular complexity index is 270. The van der Waals surface area contributed by atoms with Gasteiger partial charge in [0.15, 0.2) is 0 Å². The first-order valence-corrected chi connectivity index (χ1v) is 5.81. The van der Waals surface area contributed by atoms with E-state index >= 15 is 0 Å². The number of carbonyl (C=O) groups is 2. The third-order valence-electron chi connectivity index (χ3n) is 2.95. The maximum atomic E-state index is 12.1. The van der Waals surface area contributed by atoms with Gasteiger partial charge in [-0.3, -0.25) is 9.59 Å². The van der Waals surface area contributed by atoms with Crippen molar-refractivity contribution in [2.45, 2.75) is 25.7 Å². The maximum absolute atomic E-state index is 12.1. The fraction of sp³-hybridized carbons (Fsp3) is 0.667. The summed E-state index contributed by atoms with van der Waals surface area (Å²) in [6.07, 6.45) is 5.10. The van der Waals surface area contributed by atoms with Crippen LogP contribution in [0.2, 0.25) is 0 Å². The van der Waals surface area contributed by atoms with Crippen LogP contribution in [0, 0.1) is 5.92 Å². The van der Waals surface area contributed by atoms with E-state index in [4.69, 9.17) is 0 Å². The summed E-state index contributed by atoms with van der Waals surface area (Å²) in [5.41, 5.74) is 0. The van der Waals surface area contributed by atoms with E-state index in [0.29, 0.717) is 0 Å². The average molecular weight is 224 g/mol. The Hall–Kier alpha value is -1.32. The van der Waals surface area contributed by atoms with Gasteiger partial charge in [0.1, 0.15) is 0 Å². The molecule has 16 heavy (non-hydrogen) atoms. The molecule has 1 saturated heterocycles. The second-order valence-corrected chi connectivity index (χ2v) is 4.11. The molecule has 0 aliphatic carbocycles. The van der Waals surface area contributed by atoms with E-state index in [1.165, 1.54) is 6.42 Å². The molecular weight excluding hydrogens is 204 g/mol. The molecule has 0 saturated carbocycles. The summed E-state index contributed by atoms with van der Waals surface area (Å²) in [6, 6.07) is 0. The standard InChI is InChI=1S/C12H20N2O2/c1-3-10(9-11(15)13-2)12(16)14-7-5-4-6-8-14/h3,10H,1,4-9H2,2H3,(H,13,15)/t10-/m0/s1. The Morgan fingerprint density at radius 1 is 1.38 bits per heavy atom. The summed E-state index contributed by atoms with van der Waals surface area (Å²) in [4.78, 5) is 25.1. The topological polar surface area (TPSA) is 49.4 Å². The van der Waals surface area contributed by atoms with E-state index in [-0.39, 0.29) is 24.2 Å². The monoisotopic (exact) mass is 224 g/mol. The molecule has 1 rings (SSSR count). The van der Waals surface area contributed by atoms with Crippen LogP contribution in [0.3, 0.4) is 0 Å². The minimum Gasteiger partial charge on any atom is -0.359 e. The summed E-state index contributed by atoms with van der Waals surface area (Å²) >= 11 is 0. The maximum Gasteiger partial charge on any atom is 0.230 e. The van der Waals surface area contributed by atoms with Gasteiger partial charge in [-0.1, -0.05) is 6.08 Å². The first kappa shape index (κ1) is 12.7. The van der Waals surface area contributed by atoms with Gasteiger partial charge in [-0.25, -0.2) is 0 Å². The van der Waals surface area contributed by atoms with Gasteiger partial charge in [0, 0.05) is 26.6 Å². The van der Waals surface area contributed by atoms with E-state index in [1.54, 1.807) is 13.1 Å². The van der Waals surface area contributed by atoms with Gasteiger partial charge in [-0.15, -0.1) is 6.58 Å². The van der Waals surface area contributed by atoms with Crippen LogP contribution in [-0.2, 0) is 9.59 Å². The Balaban J connectivity index is 2.53. The summed E-state index contributed by atoms with van der Waals surface area (Å²) in [5, 5.41) is 2.53. The molecule has 1 fully saturated rings. The van der Waals surface area contributed by atoms with Gasteiger partial charge in [-0.05, 0) is 19.3 Å². The predicted molar refractivity (Wildman–Crippen MR) is 62.8 cm³/mol. The van der Waals surface area contributed by atoms with E-state index in [9.17, 15) is 9.59 Å². The second kappa shape index (κ2) is 6.30. The summed E-state index contributed by atoms with van der Waals surface area (Å²) < 4.78 is 0. The second-order valence-electron chi connectivity index (χ2n) is 4.11. The van der Waals surface area contributed by atoms with Gasteiger partial charge in [0.25, 0.3) is 0 Å². The van der Waals surface area contributed by atoms with Crippen LogP contribution in [0.1, 0.15) is 25.7 Å². The number of piperidine rings is 1. The van der Waals surface area contributed by atoms with Crippen LogP contribution in [0.4, 0.5) is 0 Å². The van der Waals surface area contributed by atoms with Gasteiger partial charge in [0.05, 0.1) is 5.92 Å². The van der Waals surface area contributed by atoms with Crippen molar-refractivity contribution in [2.24, 2.45) is 5.92 Å². The average Bonchev–Trinajstić information content (AvgIpc) is 2.35. The molecular formula is C12H20N2O2. The Labute approximate surface area is 96.7 Å². The van der Waals surface area contributed by atoms with E-state index < -0.39 is 0 Å². The summed E-state index contributed by atoms with van der Waals surface area (Å²) in [5.74, 6) is -0.452. The van der Waals surface area contributed by atoms with Gasteiger partial charge in [-0.2, -0.15) is 0 Å². The Morgan fingerprint density at radius 2 is 2.00 bits per heavy atom. The molecule has 0 bridgehead atoms. The zero-order valence-electron chi connectivity index (χ0n) is 9.87. The highest BCUT2D eigenvalue weighted by molar-refractivity contribution is 5.87. The van der Waals surface area contributed by atoms with E-state index in [2.05, 4.69) is 11.9 Å². The zero-order valence-corrected chi connectivity index (χ0v) is 9.87. The number of hydrogen-bond acceptors (Lipinski definition) is 2. The van der Waals surface area contributed by atoms with Gasteiger partial charge in [0.2, 0.25) is 11.8 Å². The number of carbonyl (C=O) groups excluding carboxylic acids is 2. The van der Waals surface area contributed by atoms with E-state index in [1.807, 2.05) is 4.90 Å². The predicted octanol–water partition coefficient (Wildman–Crippen LogP) is 0.937. The molecule has 0 spiro atoms. The number of rotatable bonds is 4. The molecule has 0 unspecified atom stereocenters. The highest BCUT2D eigenvalue weighted by atomic mass is 16.2. The highest BCUT2D eigenvalue weighted by Gasteiger charge is 2.24. The van der Waals surface area contributed by atoms with Crippen LogP contribution in [0.25, 0.3) is 0 Å². The minimum atomic E-state index is -0.377. The van der Waals surface area contributed by atoms with Crippen LogP contribution >= 0.6 is 0 Å². The molecule has 0 aromatic rings. The summed E-state index contributed by atoms with van der Waals surface area (Å²) in [6.45, 7) is 5.27. The molecule has 1 aliphatic rings. The lowest BCUT2D eigenvalue weighted by Crippen LogP contribution is -2.40. The third-order valence-corrected chi connectivity index (χ3v) is 2.95. The van der Waals surface area contributed by atoms with Crippen molar-refractivity contribution in [3.63, 3.8) is 0 Å². The lowest BCUT2D eigenvalue weighted by Gasteiger charge is -2.29. The first-order chi connectivity index (χ1) is 7.69. The molecule has 0 aromatic carbocycles. The van der Waals surface area contributed by atoms with E-state index in [0.717, 1.165) is 25.9 Å². The molecule has 4 nitrogen and oxygen atoms in total. The molecule has 90 valence electrons. The normalized spacial score (nSPS) is 17.7. The van der Waals surface area contributed by atoms with Gasteiger partial charge >= 0.3 is 0 Å². The lowest BCUT2D eigenvalue weighted by atomic mass is 10.0. The van der Waals surface area contributed by atoms with Crippen LogP contribution in [0.15, 0.2) is 12.7 Å². The van der Waals surface area contributed by atoms with Crippen molar-refractivity contribution in [1.82, 2.24) is 10.2 Å². The van der Waals surface area contributed by atoms with Crippen molar-refractivity contribution in [2.75, 3.05) is 20.1 Å². The van der Waals surface area contributed by atoms with Crippen LogP contribution in [-0.4, -0.2) is 36.9 Å². The highest BCUT2D eigenvalue weighted by Crippen LogP contribution is 2.15. The smallest absolute Gasteiger partial charge is 0.230 e. The molecule has 1 heterocycles. The van der Waals surface area contributed by atoms with Crippen molar-refractivity contribution in [1.29, 1.82) is 0 Å². The van der Waals surface area contributed by atoms with Crippen LogP contribution in [0.5, 0.6) is 0 Å². The number of hydrogen-bond donors (Lipinski definition) is 1. The van der Waals surface area contributed by atoms with Gasteiger partial charge < -0.3 is 10.2 Å². The SMILES string of the molecule is C=C[C@@H](CC(=O)NC)C(=O)N1CCCCC1. The van der Waals surface area contributed by atoms with Crippen molar-refractivity contribution >= 4 is 11.8 Å². The number of nitrogens with zero attached hydrogens (tertiary/aromatic N) is 1. The van der Waals surface area contributed by atoms with Crippen LogP contribution < -0.4 is 5.32 Å². The molecule has 0 aromatic heterocycles. The molecule has 4 heteroatoms. The molecule has 1 aliphatic heterocycles. The quantitative estimate of drug-likeness (QED) is 0.722. The number of nitrogens with one attached hydrogen (secondary N) is 1. The lowest BCUT2D eigenvalue weighted by molar-refractivity contribution is -0.137. The fourth-order valence-electron chi connectivity index (χ4n) is 1.92. The van der Waals surface area contributed by atoms with Crippen molar-refractivity contribution in [3.05, 3.63) is 12.7 Å². The van der Waals surface area contributed by atoms with Crippen molar-refractivity contribution < 1.29 is 9.59 Å². The summed E-state index contributed by atoms with van der Waals surface area (Å²) in [7, 11) is 1.58. The third kappa shape index (κ3) is 3.36. The Morgan fingerprint density at radius 3 is 2.50 bits per heavy atom. The fourth-order valence-corrected chi connectivity index (χ4v) is 1.92. The largest absolute Gasteiger partial charge is 0.359 e. The molecule has 1 atom stereocenters. The first-order valence-electron chi connectivity index (χ1n) is 5.81.